The third-order valence-corrected chi connectivity index (χ3v) is 2.93. The van der Waals surface area contributed by atoms with Crippen molar-refractivity contribution in [1.29, 1.82) is 0 Å². The van der Waals surface area contributed by atoms with Gasteiger partial charge in [0.15, 0.2) is 0 Å². The van der Waals surface area contributed by atoms with Gasteiger partial charge in [0.25, 0.3) is 10.2 Å². The largest absolute Gasteiger partial charge is 0.325 e. The van der Waals surface area contributed by atoms with Crippen molar-refractivity contribution in [2.75, 3.05) is 10.0 Å². The van der Waals surface area contributed by atoms with E-state index in [1.54, 1.807) is 12.1 Å². The number of hydrogen-bond donors (Lipinski definition) is 4. The lowest BCUT2D eigenvalue weighted by molar-refractivity contribution is -0.118. The molecule has 0 aliphatic heterocycles. The molecule has 0 saturated carbocycles. The highest BCUT2D eigenvalue weighted by molar-refractivity contribution is 7.90. The van der Waals surface area contributed by atoms with E-state index in [4.69, 9.17) is 10.9 Å². The zero-order valence-corrected chi connectivity index (χ0v) is 11.6. The van der Waals surface area contributed by atoms with Gasteiger partial charge in [-0.2, -0.15) is 8.42 Å². The Morgan fingerprint density at radius 3 is 2.37 bits per heavy atom. The molecule has 6 N–H and O–H groups in total. The van der Waals surface area contributed by atoms with Crippen molar-refractivity contribution >= 4 is 27.5 Å². The lowest BCUT2D eigenvalue weighted by Crippen LogP contribution is -2.39. The van der Waals surface area contributed by atoms with Gasteiger partial charge in [0.05, 0.1) is 11.7 Å². The van der Waals surface area contributed by atoms with E-state index in [1.807, 2.05) is 13.8 Å². The summed E-state index contributed by atoms with van der Waals surface area (Å²) in [5.74, 6) is -0.325. The van der Waals surface area contributed by atoms with Crippen molar-refractivity contribution in [2.24, 2.45) is 16.8 Å². The van der Waals surface area contributed by atoms with Crippen molar-refractivity contribution in [3.63, 3.8) is 0 Å². The van der Waals surface area contributed by atoms with E-state index in [0.29, 0.717) is 5.69 Å². The van der Waals surface area contributed by atoms with E-state index in [2.05, 4.69) is 10.0 Å². The quantitative estimate of drug-likeness (QED) is 0.617. The fourth-order valence-electron chi connectivity index (χ4n) is 1.35. The standard InChI is InChI=1S/C11H18N4O3S/c1-7(2)10(12)11(16)14-8-4-3-5-9(6-8)15-19(13,17)18/h3-7,10,15H,12H2,1-2H3,(H,14,16)(H2,13,17,18)/t10-/m1/s1. The number of anilines is 2. The van der Waals surface area contributed by atoms with Crippen molar-refractivity contribution in [3.05, 3.63) is 24.3 Å². The number of carbonyl (C=O) groups is 1. The highest BCUT2D eigenvalue weighted by atomic mass is 32.2. The zero-order valence-electron chi connectivity index (χ0n) is 10.8. The van der Waals surface area contributed by atoms with Gasteiger partial charge in [0, 0.05) is 5.69 Å². The Morgan fingerprint density at radius 1 is 1.26 bits per heavy atom. The molecule has 0 unspecified atom stereocenters. The van der Waals surface area contributed by atoms with E-state index in [9.17, 15) is 13.2 Å². The van der Waals surface area contributed by atoms with Crippen LogP contribution >= 0.6 is 0 Å². The van der Waals surface area contributed by atoms with Crippen LogP contribution < -0.4 is 20.9 Å². The van der Waals surface area contributed by atoms with E-state index in [0.717, 1.165) is 0 Å². The van der Waals surface area contributed by atoms with Crippen LogP contribution in [-0.2, 0) is 15.0 Å². The molecular formula is C11H18N4O3S. The van der Waals surface area contributed by atoms with Gasteiger partial charge < -0.3 is 11.1 Å². The summed E-state index contributed by atoms with van der Waals surface area (Å²) >= 11 is 0. The molecule has 0 aromatic heterocycles. The number of benzene rings is 1. The Balaban J connectivity index is 2.80. The third kappa shape index (κ3) is 5.25. The minimum Gasteiger partial charge on any atom is -0.325 e. The number of hydrogen-bond acceptors (Lipinski definition) is 4. The number of carbonyl (C=O) groups excluding carboxylic acids is 1. The van der Waals surface area contributed by atoms with Gasteiger partial charge in [-0.1, -0.05) is 19.9 Å². The van der Waals surface area contributed by atoms with E-state index < -0.39 is 16.3 Å². The SMILES string of the molecule is CC(C)[C@@H](N)C(=O)Nc1cccc(NS(N)(=O)=O)c1. The summed E-state index contributed by atoms with van der Waals surface area (Å²) < 4.78 is 23.9. The molecule has 0 radical (unpaired) electrons. The summed E-state index contributed by atoms with van der Waals surface area (Å²) in [6, 6.07) is 5.55. The lowest BCUT2D eigenvalue weighted by Gasteiger charge is -2.15. The van der Waals surface area contributed by atoms with Gasteiger partial charge >= 0.3 is 0 Å². The van der Waals surface area contributed by atoms with Gasteiger partial charge in [-0.05, 0) is 24.1 Å². The molecule has 0 fully saturated rings. The average molecular weight is 286 g/mol. The van der Waals surface area contributed by atoms with Crippen LogP contribution in [0.2, 0.25) is 0 Å². The van der Waals surface area contributed by atoms with Gasteiger partial charge in [-0.3, -0.25) is 9.52 Å². The third-order valence-electron chi connectivity index (χ3n) is 2.41. The number of rotatable bonds is 5. The number of nitrogens with two attached hydrogens (primary N) is 2. The number of nitrogens with one attached hydrogen (secondary N) is 2. The molecule has 1 rings (SSSR count). The molecule has 1 amide bonds. The molecule has 0 bridgehead atoms. The van der Waals surface area contributed by atoms with Gasteiger partial charge in [-0.15, -0.1) is 0 Å². The summed E-state index contributed by atoms with van der Waals surface area (Å²) in [6.45, 7) is 3.67. The van der Waals surface area contributed by atoms with Crippen LogP contribution in [0.3, 0.4) is 0 Å². The monoisotopic (exact) mass is 286 g/mol. The number of amides is 1. The van der Waals surface area contributed by atoms with Crippen molar-refractivity contribution < 1.29 is 13.2 Å². The maximum Gasteiger partial charge on any atom is 0.296 e. The van der Waals surface area contributed by atoms with E-state index in [-0.39, 0.29) is 17.5 Å². The molecule has 0 aliphatic rings. The predicted octanol–water partition coefficient (Wildman–Crippen LogP) is 0.224. The molecule has 106 valence electrons. The fourth-order valence-corrected chi connectivity index (χ4v) is 1.81. The Hall–Kier alpha value is -1.64. The second-order valence-corrected chi connectivity index (χ2v) is 5.78. The van der Waals surface area contributed by atoms with Crippen molar-refractivity contribution in [2.45, 2.75) is 19.9 Å². The van der Waals surface area contributed by atoms with Crippen LogP contribution in [0.15, 0.2) is 24.3 Å². The second kappa shape index (κ2) is 6.00. The minimum atomic E-state index is -3.84. The van der Waals surface area contributed by atoms with Crippen LogP contribution in [0.5, 0.6) is 0 Å². The zero-order chi connectivity index (χ0) is 14.6. The molecular weight excluding hydrogens is 268 g/mol. The first-order valence-corrected chi connectivity index (χ1v) is 7.21. The first kappa shape index (κ1) is 15.4. The fraction of sp³-hybridized carbons (Fsp3) is 0.364. The summed E-state index contributed by atoms with van der Waals surface area (Å²) in [4.78, 5) is 11.8. The molecule has 0 heterocycles. The minimum absolute atomic E-state index is 0.00530. The van der Waals surface area contributed by atoms with Crippen LogP contribution in [0, 0.1) is 5.92 Å². The molecule has 0 saturated heterocycles. The Kier molecular flexibility index (Phi) is 4.87. The first-order valence-electron chi connectivity index (χ1n) is 5.66. The summed E-state index contributed by atoms with van der Waals surface area (Å²) in [5, 5.41) is 7.47. The molecule has 19 heavy (non-hydrogen) atoms. The normalized spacial score (nSPS) is 13.1. The molecule has 8 heteroatoms. The molecule has 1 aromatic rings. The Bertz CT molecular complexity index is 557. The van der Waals surface area contributed by atoms with Gasteiger partial charge in [-0.25, -0.2) is 5.14 Å². The summed E-state index contributed by atoms with van der Waals surface area (Å²) in [5.41, 5.74) is 6.41. The van der Waals surface area contributed by atoms with Crippen LogP contribution in [-0.4, -0.2) is 20.4 Å². The molecule has 1 atom stereocenters. The lowest BCUT2D eigenvalue weighted by atomic mass is 10.0. The summed E-state index contributed by atoms with van der Waals surface area (Å²) in [6.07, 6.45) is 0. The Labute approximate surface area is 112 Å². The Morgan fingerprint density at radius 2 is 1.84 bits per heavy atom. The topological polar surface area (TPSA) is 127 Å². The first-order chi connectivity index (χ1) is 8.69. The molecule has 1 aromatic carbocycles. The van der Waals surface area contributed by atoms with Crippen molar-refractivity contribution in [3.8, 4) is 0 Å². The van der Waals surface area contributed by atoms with Crippen LogP contribution in [0.1, 0.15) is 13.8 Å². The average Bonchev–Trinajstić information content (AvgIpc) is 2.25. The highest BCUT2D eigenvalue weighted by Gasteiger charge is 2.17. The van der Waals surface area contributed by atoms with E-state index in [1.165, 1.54) is 12.1 Å². The maximum absolute atomic E-state index is 11.8. The second-order valence-electron chi connectivity index (χ2n) is 4.49. The molecule has 0 aliphatic carbocycles. The van der Waals surface area contributed by atoms with Crippen LogP contribution in [0.4, 0.5) is 11.4 Å². The van der Waals surface area contributed by atoms with Gasteiger partial charge in [0.2, 0.25) is 5.91 Å². The molecule has 7 nitrogen and oxygen atoms in total. The summed E-state index contributed by atoms with van der Waals surface area (Å²) in [7, 11) is -3.84. The van der Waals surface area contributed by atoms with Crippen LogP contribution in [0.25, 0.3) is 0 Å². The predicted molar refractivity (Wildman–Crippen MR) is 74.6 cm³/mol. The van der Waals surface area contributed by atoms with E-state index >= 15 is 0 Å². The highest BCUT2D eigenvalue weighted by Crippen LogP contribution is 2.16. The van der Waals surface area contributed by atoms with Crippen molar-refractivity contribution in [1.82, 2.24) is 0 Å². The molecule has 0 spiro atoms. The van der Waals surface area contributed by atoms with Gasteiger partial charge in [0.1, 0.15) is 0 Å². The smallest absolute Gasteiger partial charge is 0.296 e. The maximum atomic E-state index is 11.8.